The third kappa shape index (κ3) is 3.98. The number of nitrogens with zero attached hydrogens (tertiary/aromatic N) is 1. The first kappa shape index (κ1) is 20.2. The Labute approximate surface area is 168 Å². The summed E-state index contributed by atoms with van der Waals surface area (Å²) in [6.07, 6.45) is 0. The van der Waals surface area contributed by atoms with Gasteiger partial charge in [0.1, 0.15) is 5.75 Å². The van der Waals surface area contributed by atoms with Crippen LogP contribution in [0.1, 0.15) is 22.8 Å². The maximum atomic E-state index is 12.4. The van der Waals surface area contributed by atoms with E-state index >= 15 is 0 Å². The highest BCUT2D eigenvalue weighted by Gasteiger charge is 2.42. The van der Waals surface area contributed by atoms with Gasteiger partial charge in [-0.1, -0.05) is 30.7 Å². The Balaban J connectivity index is 1.74. The highest BCUT2D eigenvalue weighted by molar-refractivity contribution is 7.94. The van der Waals surface area contributed by atoms with Gasteiger partial charge in [-0.15, -0.1) is 0 Å². The maximum Gasteiger partial charge on any atom is 0.253 e. The lowest BCUT2D eigenvalue weighted by Gasteiger charge is -2.16. The molecule has 0 radical (unpaired) electrons. The molecule has 9 heteroatoms. The van der Waals surface area contributed by atoms with Gasteiger partial charge in [-0.25, -0.2) is 12.7 Å². The Morgan fingerprint density at radius 1 is 1.25 bits per heavy atom. The minimum atomic E-state index is -3.73. The van der Waals surface area contributed by atoms with Gasteiger partial charge in [0, 0.05) is 6.54 Å². The molecular formula is C19H19ClN2O5S. The van der Waals surface area contributed by atoms with Crippen LogP contribution < -0.4 is 14.4 Å². The zero-order valence-corrected chi connectivity index (χ0v) is 16.9. The molecule has 0 bridgehead atoms. The topological polar surface area (TPSA) is 92.8 Å². The molecule has 0 spiro atoms. The number of benzene rings is 2. The lowest BCUT2D eigenvalue weighted by atomic mass is 10.1. The summed E-state index contributed by atoms with van der Waals surface area (Å²) < 4.78 is 30.2. The number of carbonyl (C=O) groups is 2. The highest BCUT2D eigenvalue weighted by atomic mass is 35.5. The van der Waals surface area contributed by atoms with Gasteiger partial charge in [-0.3, -0.25) is 9.59 Å². The normalized spacial score (nSPS) is 18.2. The second-order valence-electron chi connectivity index (χ2n) is 6.48. The van der Waals surface area contributed by atoms with E-state index in [1.54, 1.807) is 26.2 Å². The van der Waals surface area contributed by atoms with Gasteiger partial charge in [-0.2, -0.15) is 0 Å². The van der Waals surface area contributed by atoms with Crippen LogP contribution in [0.2, 0.25) is 5.02 Å². The van der Waals surface area contributed by atoms with E-state index in [0.717, 1.165) is 15.6 Å². The van der Waals surface area contributed by atoms with Crippen LogP contribution in [0.5, 0.6) is 5.75 Å². The van der Waals surface area contributed by atoms with Crippen LogP contribution in [0.25, 0.3) is 0 Å². The number of amides is 2. The summed E-state index contributed by atoms with van der Waals surface area (Å²) in [5.74, 6) is -1.05. The first-order valence-electron chi connectivity index (χ1n) is 8.50. The average Bonchev–Trinajstić information content (AvgIpc) is 2.86. The fourth-order valence-electron chi connectivity index (χ4n) is 2.92. The number of hydrogen-bond donors (Lipinski definition) is 1. The molecule has 1 N–H and O–H groups in total. The predicted octanol–water partition coefficient (Wildman–Crippen LogP) is 2.59. The zero-order valence-electron chi connectivity index (χ0n) is 15.3. The second-order valence-corrected chi connectivity index (χ2v) is 8.75. The molecule has 2 aromatic carbocycles. The Morgan fingerprint density at radius 3 is 2.46 bits per heavy atom. The number of anilines is 1. The molecule has 1 unspecified atom stereocenters. The lowest BCUT2D eigenvalue weighted by molar-refractivity contribution is -0.119. The molecule has 1 aliphatic heterocycles. The van der Waals surface area contributed by atoms with Crippen molar-refractivity contribution in [1.82, 2.24) is 5.32 Å². The average molecular weight is 423 g/mol. The number of rotatable bonds is 5. The Morgan fingerprint density at radius 2 is 1.93 bits per heavy atom. The molecule has 1 heterocycles. The molecule has 1 aliphatic rings. The van der Waals surface area contributed by atoms with E-state index in [4.69, 9.17) is 16.3 Å². The van der Waals surface area contributed by atoms with Crippen LogP contribution in [0, 0.1) is 5.92 Å². The number of nitrogens with one attached hydrogen (secondary N) is 1. The predicted molar refractivity (Wildman–Crippen MR) is 106 cm³/mol. The van der Waals surface area contributed by atoms with Crippen LogP contribution in [0.4, 0.5) is 5.69 Å². The largest absolute Gasteiger partial charge is 0.497 e. The molecule has 7 nitrogen and oxygen atoms in total. The number of sulfonamides is 1. The van der Waals surface area contributed by atoms with Crippen LogP contribution in [-0.4, -0.2) is 33.1 Å². The summed E-state index contributed by atoms with van der Waals surface area (Å²) in [4.78, 5) is 24.6. The van der Waals surface area contributed by atoms with Crippen LogP contribution in [0.15, 0.2) is 42.5 Å². The molecule has 28 heavy (non-hydrogen) atoms. The molecule has 2 amide bonds. The van der Waals surface area contributed by atoms with E-state index in [1.165, 1.54) is 18.2 Å². The third-order valence-corrected chi connectivity index (χ3v) is 6.59. The van der Waals surface area contributed by atoms with Gasteiger partial charge in [0.25, 0.3) is 5.91 Å². The summed E-state index contributed by atoms with van der Waals surface area (Å²) in [5.41, 5.74) is 1.20. The summed E-state index contributed by atoms with van der Waals surface area (Å²) in [6, 6.07) is 11.4. The number of methoxy groups -OCH3 is 1. The summed E-state index contributed by atoms with van der Waals surface area (Å²) in [5, 5.41) is 2.81. The van der Waals surface area contributed by atoms with Gasteiger partial charge in [-0.05, 0) is 35.9 Å². The van der Waals surface area contributed by atoms with Crippen molar-refractivity contribution in [2.75, 3.05) is 17.2 Å². The minimum absolute atomic E-state index is 0.0623. The highest BCUT2D eigenvalue weighted by Crippen LogP contribution is 2.31. The van der Waals surface area contributed by atoms with Gasteiger partial charge in [0.05, 0.1) is 35.1 Å². The summed E-state index contributed by atoms with van der Waals surface area (Å²) >= 11 is 6.19. The van der Waals surface area contributed by atoms with E-state index in [1.807, 2.05) is 12.1 Å². The fourth-order valence-corrected chi connectivity index (χ4v) is 5.00. The molecule has 148 valence electrons. The number of halogens is 1. The van der Waals surface area contributed by atoms with Crippen molar-refractivity contribution in [2.24, 2.45) is 5.92 Å². The van der Waals surface area contributed by atoms with Gasteiger partial charge in [0.15, 0.2) is 0 Å². The maximum absolute atomic E-state index is 12.4. The van der Waals surface area contributed by atoms with Crippen LogP contribution >= 0.6 is 11.6 Å². The van der Waals surface area contributed by atoms with Crippen molar-refractivity contribution in [3.05, 3.63) is 58.6 Å². The third-order valence-electron chi connectivity index (χ3n) is 4.40. The quantitative estimate of drug-likeness (QED) is 0.799. The standard InChI is InChI=1S/C19H19ClN2O5S/c1-12-11-28(25,26)22(19(12)24)14-5-8-16(17(20)9-14)18(23)21-10-13-3-6-15(27-2)7-4-13/h3-9,12H,10-11H2,1-2H3,(H,21,23). The van der Waals surface area contributed by atoms with Crippen molar-refractivity contribution in [2.45, 2.75) is 13.5 Å². The van der Waals surface area contributed by atoms with E-state index < -0.39 is 27.8 Å². The van der Waals surface area contributed by atoms with E-state index in [9.17, 15) is 18.0 Å². The molecule has 1 fully saturated rings. The summed E-state index contributed by atoms with van der Waals surface area (Å²) in [6.45, 7) is 1.85. The van der Waals surface area contributed by atoms with Crippen LogP contribution in [-0.2, 0) is 21.4 Å². The smallest absolute Gasteiger partial charge is 0.253 e. The molecule has 3 rings (SSSR count). The van der Waals surface area contributed by atoms with Gasteiger partial charge >= 0.3 is 0 Å². The Kier molecular flexibility index (Phi) is 5.62. The molecule has 2 aromatic rings. The van der Waals surface area contributed by atoms with E-state index in [2.05, 4.69) is 5.32 Å². The minimum Gasteiger partial charge on any atom is -0.497 e. The first-order valence-corrected chi connectivity index (χ1v) is 10.5. The molecule has 1 saturated heterocycles. The van der Waals surface area contributed by atoms with Crippen molar-refractivity contribution < 1.29 is 22.7 Å². The SMILES string of the molecule is COc1ccc(CNC(=O)c2ccc(N3C(=O)C(C)CS3(=O)=O)cc2Cl)cc1. The Bertz CT molecular complexity index is 1020. The van der Waals surface area contributed by atoms with E-state index in [0.29, 0.717) is 0 Å². The molecule has 1 atom stereocenters. The molecular weight excluding hydrogens is 404 g/mol. The van der Waals surface area contributed by atoms with Gasteiger partial charge < -0.3 is 10.1 Å². The monoisotopic (exact) mass is 422 g/mol. The summed E-state index contributed by atoms with van der Waals surface area (Å²) in [7, 11) is -2.15. The first-order chi connectivity index (χ1) is 13.2. The second kappa shape index (κ2) is 7.81. The van der Waals surface area contributed by atoms with Gasteiger partial charge in [0.2, 0.25) is 15.9 Å². The van der Waals surface area contributed by atoms with E-state index in [-0.39, 0.29) is 28.6 Å². The number of ether oxygens (including phenoxy) is 1. The molecule has 0 aromatic heterocycles. The van der Waals surface area contributed by atoms with Crippen molar-refractivity contribution in [3.63, 3.8) is 0 Å². The molecule has 0 saturated carbocycles. The molecule has 0 aliphatic carbocycles. The van der Waals surface area contributed by atoms with Crippen LogP contribution in [0.3, 0.4) is 0 Å². The number of carbonyl (C=O) groups excluding carboxylic acids is 2. The van der Waals surface area contributed by atoms with Crippen molar-refractivity contribution in [1.29, 1.82) is 0 Å². The van der Waals surface area contributed by atoms with Crippen molar-refractivity contribution >= 4 is 39.1 Å². The lowest BCUT2D eigenvalue weighted by Crippen LogP contribution is -2.30. The fraction of sp³-hybridized carbons (Fsp3) is 0.263. The number of hydrogen-bond acceptors (Lipinski definition) is 5. The Hall–Kier alpha value is -2.58. The zero-order chi connectivity index (χ0) is 20.5. The van der Waals surface area contributed by atoms with Crippen molar-refractivity contribution in [3.8, 4) is 5.75 Å².